The number of nitrogens with zero attached hydrogens (tertiary/aromatic N) is 1. The largest absolute Gasteiger partial charge is 0.457 e. The van der Waals surface area contributed by atoms with Crippen LogP contribution in [0.25, 0.3) is 0 Å². The molecule has 0 aliphatic heterocycles. The molecule has 0 bridgehead atoms. The maximum Gasteiger partial charge on any atom is 0.292 e. The average Bonchev–Trinajstić information content (AvgIpc) is 2.33. The molecule has 0 aliphatic rings. The van der Waals surface area contributed by atoms with Crippen LogP contribution in [0.4, 0.5) is 11.4 Å². The van der Waals surface area contributed by atoms with Crippen molar-refractivity contribution in [2.45, 2.75) is 13.8 Å². The first-order valence-corrected chi connectivity index (χ1v) is 5.76. The first-order chi connectivity index (χ1) is 8.97. The minimum atomic E-state index is -0.519. The van der Waals surface area contributed by atoms with Gasteiger partial charge in [0.05, 0.1) is 4.92 Å². The summed E-state index contributed by atoms with van der Waals surface area (Å²) >= 11 is 0. The van der Waals surface area contributed by atoms with Crippen LogP contribution in [0.5, 0.6) is 11.5 Å². The van der Waals surface area contributed by atoms with Crippen LogP contribution >= 0.6 is 0 Å². The fourth-order valence-corrected chi connectivity index (χ4v) is 1.68. The first kappa shape index (κ1) is 12.9. The van der Waals surface area contributed by atoms with Crippen LogP contribution in [0.1, 0.15) is 11.1 Å². The summed E-state index contributed by atoms with van der Waals surface area (Å²) in [6.45, 7) is 4.01. The van der Waals surface area contributed by atoms with Crippen LogP contribution in [0.15, 0.2) is 36.4 Å². The molecular formula is C14H14N2O3. The van der Waals surface area contributed by atoms with Crippen molar-refractivity contribution in [2.75, 3.05) is 5.73 Å². The van der Waals surface area contributed by atoms with E-state index in [9.17, 15) is 10.1 Å². The molecule has 98 valence electrons. The Kier molecular flexibility index (Phi) is 3.37. The second kappa shape index (κ2) is 4.97. The number of anilines is 1. The topological polar surface area (TPSA) is 78.4 Å². The minimum Gasteiger partial charge on any atom is -0.457 e. The van der Waals surface area contributed by atoms with Crippen LogP contribution in [0, 0.1) is 24.0 Å². The van der Waals surface area contributed by atoms with Crippen LogP contribution < -0.4 is 10.5 Å². The number of aryl methyl sites for hydroxylation is 2. The van der Waals surface area contributed by atoms with Gasteiger partial charge < -0.3 is 10.5 Å². The molecule has 0 atom stereocenters. The Bertz CT molecular complexity index is 639. The highest BCUT2D eigenvalue weighted by atomic mass is 16.6. The summed E-state index contributed by atoms with van der Waals surface area (Å²) < 4.78 is 5.63. The van der Waals surface area contributed by atoms with Crippen molar-refractivity contribution in [1.29, 1.82) is 0 Å². The van der Waals surface area contributed by atoms with E-state index in [1.54, 1.807) is 0 Å². The van der Waals surface area contributed by atoms with Crippen molar-refractivity contribution in [1.82, 2.24) is 0 Å². The normalized spacial score (nSPS) is 10.2. The van der Waals surface area contributed by atoms with Crippen molar-refractivity contribution in [3.05, 3.63) is 57.6 Å². The zero-order valence-electron chi connectivity index (χ0n) is 10.7. The highest BCUT2D eigenvalue weighted by molar-refractivity contribution is 5.61. The number of rotatable bonds is 3. The summed E-state index contributed by atoms with van der Waals surface area (Å²) in [4.78, 5) is 10.1. The van der Waals surface area contributed by atoms with E-state index in [1.807, 2.05) is 32.0 Å². The molecule has 0 saturated carbocycles. The predicted molar refractivity (Wildman–Crippen MR) is 73.5 cm³/mol. The molecule has 5 heteroatoms. The van der Waals surface area contributed by atoms with Crippen molar-refractivity contribution < 1.29 is 9.66 Å². The second-order valence-electron chi connectivity index (χ2n) is 4.33. The Hall–Kier alpha value is -2.56. The van der Waals surface area contributed by atoms with Crippen molar-refractivity contribution in [3.8, 4) is 11.5 Å². The average molecular weight is 258 g/mol. The Labute approximate surface area is 110 Å². The molecule has 0 aliphatic carbocycles. The zero-order chi connectivity index (χ0) is 14.0. The summed E-state index contributed by atoms with van der Waals surface area (Å²) in [6.07, 6.45) is 0. The van der Waals surface area contributed by atoms with E-state index in [1.165, 1.54) is 23.8 Å². The van der Waals surface area contributed by atoms with Gasteiger partial charge in [0, 0.05) is 12.1 Å². The van der Waals surface area contributed by atoms with Gasteiger partial charge >= 0.3 is 0 Å². The van der Waals surface area contributed by atoms with Crippen molar-refractivity contribution >= 4 is 11.4 Å². The third-order valence-corrected chi connectivity index (χ3v) is 2.91. The van der Waals surface area contributed by atoms with E-state index >= 15 is 0 Å². The Morgan fingerprint density at radius 3 is 2.26 bits per heavy atom. The van der Waals surface area contributed by atoms with Crippen LogP contribution in [0.2, 0.25) is 0 Å². The van der Waals surface area contributed by atoms with Gasteiger partial charge in [0.2, 0.25) is 0 Å². The predicted octanol–water partition coefficient (Wildman–Crippen LogP) is 3.59. The first-order valence-electron chi connectivity index (χ1n) is 5.76. The highest BCUT2D eigenvalue weighted by Gasteiger charge is 2.12. The summed E-state index contributed by atoms with van der Waals surface area (Å²) in [5, 5.41) is 10.7. The van der Waals surface area contributed by atoms with Gasteiger partial charge in [-0.1, -0.05) is 6.07 Å². The summed E-state index contributed by atoms with van der Waals surface area (Å²) in [5.41, 5.74) is 7.87. The molecule has 0 amide bonds. The molecule has 19 heavy (non-hydrogen) atoms. The lowest BCUT2D eigenvalue weighted by Crippen LogP contribution is -1.96. The maximum absolute atomic E-state index is 10.7. The maximum atomic E-state index is 10.7. The molecule has 0 spiro atoms. The number of hydrogen-bond donors (Lipinski definition) is 1. The standard InChI is InChI=1S/C14H14N2O3/c1-9-3-4-11(7-10(9)2)19-12-5-6-14(16(17)18)13(15)8-12/h3-8H,15H2,1-2H3. The number of nitro groups is 1. The van der Waals surface area contributed by atoms with E-state index in [0.29, 0.717) is 11.5 Å². The van der Waals surface area contributed by atoms with Gasteiger partial charge in [-0.05, 0) is 43.2 Å². The third kappa shape index (κ3) is 2.82. The van der Waals surface area contributed by atoms with Gasteiger partial charge in [0.15, 0.2) is 0 Å². The minimum absolute atomic E-state index is 0.0892. The van der Waals surface area contributed by atoms with Crippen LogP contribution in [-0.2, 0) is 0 Å². The zero-order valence-corrected chi connectivity index (χ0v) is 10.7. The van der Waals surface area contributed by atoms with Gasteiger partial charge in [-0.3, -0.25) is 10.1 Å². The van der Waals surface area contributed by atoms with E-state index in [2.05, 4.69) is 0 Å². The van der Waals surface area contributed by atoms with Crippen molar-refractivity contribution in [2.24, 2.45) is 0 Å². The van der Waals surface area contributed by atoms with Gasteiger partial charge in [-0.25, -0.2) is 0 Å². The highest BCUT2D eigenvalue weighted by Crippen LogP contribution is 2.29. The second-order valence-corrected chi connectivity index (χ2v) is 4.33. The van der Waals surface area contributed by atoms with Gasteiger partial charge in [-0.15, -0.1) is 0 Å². The van der Waals surface area contributed by atoms with Crippen LogP contribution in [-0.4, -0.2) is 4.92 Å². The number of nitrogen functional groups attached to an aromatic ring is 1. The number of nitro benzene ring substituents is 1. The number of hydrogen-bond acceptors (Lipinski definition) is 4. The molecule has 0 aromatic heterocycles. The monoisotopic (exact) mass is 258 g/mol. The Morgan fingerprint density at radius 1 is 1.05 bits per heavy atom. The fraction of sp³-hybridized carbons (Fsp3) is 0.143. The molecule has 2 N–H and O–H groups in total. The molecule has 0 radical (unpaired) electrons. The molecule has 5 nitrogen and oxygen atoms in total. The molecule has 0 unspecified atom stereocenters. The molecule has 2 aromatic carbocycles. The number of benzene rings is 2. The summed E-state index contributed by atoms with van der Waals surface area (Å²) in [6, 6.07) is 10.0. The molecule has 2 rings (SSSR count). The van der Waals surface area contributed by atoms with E-state index in [4.69, 9.17) is 10.5 Å². The lowest BCUT2D eigenvalue weighted by molar-refractivity contribution is -0.383. The van der Waals surface area contributed by atoms with Gasteiger partial charge in [0.25, 0.3) is 5.69 Å². The van der Waals surface area contributed by atoms with E-state index in [-0.39, 0.29) is 11.4 Å². The summed E-state index contributed by atoms with van der Waals surface area (Å²) in [5.74, 6) is 1.16. The quantitative estimate of drug-likeness (QED) is 0.518. The SMILES string of the molecule is Cc1ccc(Oc2ccc([N+](=O)[O-])c(N)c2)cc1C. The molecule has 0 saturated heterocycles. The smallest absolute Gasteiger partial charge is 0.292 e. The molecule has 2 aromatic rings. The lowest BCUT2D eigenvalue weighted by atomic mass is 10.1. The summed E-state index contributed by atoms with van der Waals surface area (Å²) in [7, 11) is 0. The fourth-order valence-electron chi connectivity index (χ4n) is 1.68. The number of ether oxygens (including phenoxy) is 1. The third-order valence-electron chi connectivity index (χ3n) is 2.91. The number of nitrogens with two attached hydrogens (primary N) is 1. The van der Waals surface area contributed by atoms with Crippen LogP contribution in [0.3, 0.4) is 0 Å². The molecule has 0 fully saturated rings. The Morgan fingerprint density at radius 2 is 1.68 bits per heavy atom. The molecular weight excluding hydrogens is 244 g/mol. The Balaban J connectivity index is 2.26. The van der Waals surface area contributed by atoms with E-state index in [0.717, 1.165) is 5.56 Å². The van der Waals surface area contributed by atoms with Crippen molar-refractivity contribution in [3.63, 3.8) is 0 Å². The lowest BCUT2D eigenvalue weighted by Gasteiger charge is -2.08. The molecule has 0 heterocycles. The van der Waals surface area contributed by atoms with Gasteiger partial charge in [-0.2, -0.15) is 0 Å². The van der Waals surface area contributed by atoms with E-state index < -0.39 is 4.92 Å². The van der Waals surface area contributed by atoms with Gasteiger partial charge in [0.1, 0.15) is 17.2 Å².